The number of nitriles is 1. The summed E-state index contributed by atoms with van der Waals surface area (Å²) in [6.45, 7) is 1.71. The average molecular weight is 393 g/mol. The maximum atomic E-state index is 12.1. The number of aliphatic hydroxyl groups excluding tert-OH is 1. The van der Waals surface area contributed by atoms with Crippen molar-refractivity contribution in [2.45, 2.75) is 31.8 Å². The molecular weight excluding hydrogens is 370 g/mol. The fraction of sp³-hybridized carbons (Fsp3) is 0.400. The molecule has 3 aromatic rings. The Labute approximate surface area is 168 Å². The lowest BCUT2D eigenvalue weighted by atomic mass is 10.0. The van der Waals surface area contributed by atoms with E-state index in [-0.39, 0.29) is 25.0 Å². The lowest BCUT2D eigenvalue weighted by Gasteiger charge is -2.33. The minimum atomic E-state index is -0.122. The number of aromatic nitrogens is 4. The molecule has 9 nitrogen and oxygen atoms in total. The Kier molecular flexibility index (Phi) is 5.44. The van der Waals surface area contributed by atoms with Gasteiger partial charge in [0.15, 0.2) is 0 Å². The predicted octanol–water partition coefficient (Wildman–Crippen LogP) is 1.74. The van der Waals surface area contributed by atoms with Gasteiger partial charge in [-0.1, -0.05) is 0 Å². The second kappa shape index (κ2) is 8.32. The molecule has 1 aliphatic rings. The zero-order chi connectivity index (χ0) is 20.2. The maximum absolute atomic E-state index is 12.1. The summed E-state index contributed by atoms with van der Waals surface area (Å²) >= 11 is 0. The second-order valence-electron chi connectivity index (χ2n) is 7.13. The number of hydrogen-bond donors (Lipinski definition) is 3. The van der Waals surface area contributed by atoms with Crippen LogP contribution in [0.3, 0.4) is 0 Å². The van der Waals surface area contributed by atoms with Crippen LogP contribution < -0.4 is 5.32 Å². The van der Waals surface area contributed by atoms with Crippen molar-refractivity contribution in [1.29, 1.82) is 5.26 Å². The van der Waals surface area contributed by atoms with Gasteiger partial charge in [-0.05, 0) is 25.0 Å². The first-order chi connectivity index (χ1) is 14.2. The van der Waals surface area contributed by atoms with Crippen LogP contribution in [0.4, 0.5) is 5.69 Å². The number of nitrogens with one attached hydrogen (secondary N) is 2. The van der Waals surface area contributed by atoms with Gasteiger partial charge in [-0.3, -0.25) is 9.48 Å². The summed E-state index contributed by atoms with van der Waals surface area (Å²) in [5.74, 6) is -0.122. The van der Waals surface area contributed by atoms with Crippen LogP contribution in [-0.2, 0) is 11.3 Å². The molecule has 29 heavy (non-hydrogen) atoms. The number of amides is 1. The highest BCUT2D eigenvalue weighted by molar-refractivity contribution is 5.97. The van der Waals surface area contributed by atoms with Crippen LogP contribution in [0.2, 0.25) is 0 Å². The summed E-state index contributed by atoms with van der Waals surface area (Å²) in [5.41, 5.74) is 3.34. The second-order valence-corrected chi connectivity index (χ2v) is 7.13. The molecule has 0 spiro atoms. The van der Waals surface area contributed by atoms with Crippen molar-refractivity contribution in [3.05, 3.63) is 30.7 Å². The Bertz CT molecular complexity index is 1050. The topological polar surface area (TPSA) is 123 Å². The number of likely N-dealkylation sites (tertiary alicyclic amines) is 1. The quantitative estimate of drug-likeness (QED) is 0.586. The zero-order valence-corrected chi connectivity index (χ0v) is 16.0. The van der Waals surface area contributed by atoms with Crippen LogP contribution in [0.15, 0.2) is 30.7 Å². The van der Waals surface area contributed by atoms with Gasteiger partial charge in [-0.2, -0.15) is 10.4 Å². The summed E-state index contributed by atoms with van der Waals surface area (Å²) in [6.07, 6.45) is 7.20. The first-order valence-corrected chi connectivity index (χ1v) is 9.71. The Hall–Kier alpha value is -3.38. The largest absolute Gasteiger partial charge is 0.394 e. The molecule has 0 aromatic carbocycles. The first kappa shape index (κ1) is 19.0. The van der Waals surface area contributed by atoms with Crippen molar-refractivity contribution < 1.29 is 9.90 Å². The van der Waals surface area contributed by atoms with E-state index in [4.69, 9.17) is 10.4 Å². The number of carbonyl (C=O) groups excluding carboxylic acids is 1. The number of H-pyrrole nitrogens is 1. The molecule has 0 saturated carbocycles. The van der Waals surface area contributed by atoms with Crippen LogP contribution in [-0.4, -0.2) is 61.4 Å². The lowest BCUT2D eigenvalue weighted by molar-refractivity contribution is -0.131. The molecule has 1 saturated heterocycles. The monoisotopic (exact) mass is 393 g/mol. The van der Waals surface area contributed by atoms with E-state index in [9.17, 15) is 4.79 Å². The normalized spacial score (nSPS) is 16.7. The summed E-state index contributed by atoms with van der Waals surface area (Å²) < 4.78 is 1.70. The molecule has 3 N–H and O–H groups in total. The van der Waals surface area contributed by atoms with Crippen molar-refractivity contribution in [1.82, 2.24) is 24.6 Å². The fourth-order valence-corrected chi connectivity index (χ4v) is 3.79. The van der Waals surface area contributed by atoms with Crippen LogP contribution in [0.25, 0.3) is 22.3 Å². The standard InChI is InChI=1S/C20H23N7O2/c21-6-3-18(29)26-8-1-2-14(13-26)24-19-15-4-7-22-20(15)23-12-16(19)17-5-9-27(25-17)10-11-28/h4-5,7,9,12,14,28H,1-3,8,10-11,13H2,(H2,22,23,24). The van der Waals surface area contributed by atoms with Crippen molar-refractivity contribution in [2.24, 2.45) is 0 Å². The van der Waals surface area contributed by atoms with Crippen molar-refractivity contribution in [2.75, 3.05) is 25.0 Å². The first-order valence-electron chi connectivity index (χ1n) is 9.71. The Balaban J connectivity index is 1.64. The van der Waals surface area contributed by atoms with Gasteiger partial charge in [-0.15, -0.1) is 0 Å². The van der Waals surface area contributed by atoms with Crippen LogP contribution in [0.1, 0.15) is 19.3 Å². The molecule has 0 bridgehead atoms. The van der Waals surface area contributed by atoms with E-state index < -0.39 is 0 Å². The maximum Gasteiger partial charge on any atom is 0.236 e. The van der Waals surface area contributed by atoms with Crippen molar-refractivity contribution in [3.63, 3.8) is 0 Å². The number of pyridine rings is 1. The Morgan fingerprint density at radius 3 is 3.17 bits per heavy atom. The molecule has 150 valence electrons. The van der Waals surface area contributed by atoms with E-state index in [0.29, 0.717) is 19.6 Å². The van der Waals surface area contributed by atoms with E-state index in [1.54, 1.807) is 15.8 Å². The Morgan fingerprint density at radius 1 is 1.45 bits per heavy atom. The van der Waals surface area contributed by atoms with E-state index in [1.807, 2.05) is 30.6 Å². The molecular formula is C20H23N7O2. The van der Waals surface area contributed by atoms with Gasteiger partial charge in [0.05, 0.1) is 30.6 Å². The molecule has 1 amide bonds. The van der Waals surface area contributed by atoms with Crippen molar-refractivity contribution in [3.8, 4) is 17.3 Å². The number of aliphatic hydroxyl groups is 1. The number of hydrogen-bond acceptors (Lipinski definition) is 6. The van der Waals surface area contributed by atoms with Gasteiger partial charge in [0.25, 0.3) is 0 Å². The zero-order valence-electron chi connectivity index (χ0n) is 16.0. The summed E-state index contributed by atoms with van der Waals surface area (Å²) in [6, 6.07) is 5.89. The molecule has 1 atom stereocenters. The molecule has 4 rings (SSSR count). The molecule has 4 heterocycles. The summed E-state index contributed by atoms with van der Waals surface area (Å²) in [7, 11) is 0. The van der Waals surface area contributed by atoms with E-state index >= 15 is 0 Å². The van der Waals surface area contributed by atoms with Gasteiger partial charge < -0.3 is 20.3 Å². The molecule has 9 heteroatoms. The lowest BCUT2D eigenvalue weighted by Crippen LogP contribution is -2.45. The Morgan fingerprint density at radius 2 is 2.34 bits per heavy atom. The summed E-state index contributed by atoms with van der Waals surface area (Å²) in [5, 5.41) is 27.1. The highest BCUT2D eigenvalue weighted by atomic mass is 16.3. The number of piperidine rings is 1. The van der Waals surface area contributed by atoms with Gasteiger partial charge in [0.2, 0.25) is 5.91 Å². The fourth-order valence-electron chi connectivity index (χ4n) is 3.79. The number of aromatic amines is 1. The smallest absolute Gasteiger partial charge is 0.236 e. The number of rotatable bonds is 6. The third kappa shape index (κ3) is 3.93. The van der Waals surface area contributed by atoms with Gasteiger partial charge in [0.1, 0.15) is 12.1 Å². The minimum absolute atomic E-state index is 0.0238. The van der Waals surface area contributed by atoms with Gasteiger partial charge in [0, 0.05) is 48.7 Å². The number of anilines is 1. The molecule has 0 radical (unpaired) electrons. The molecule has 1 fully saturated rings. The third-order valence-corrected chi connectivity index (χ3v) is 5.19. The highest BCUT2D eigenvalue weighted by Gasteiger charge is 2.25. The minimum Gasteiger partial charge on any atom is -0.394 e. The van der Waals surface area contributed by atoms with Crippen LogP contribution in [0.5, 0.6) is 0 Å². The summed E-state index contributed by atoms with van der Waals surface area (Å²) in [4.78, 5) is 21.5. The van der Waals surface area contributed by atoms with E-state index in [0.717, 1.165) is 40.8 Å². The third-order valence-electron chi connectivity index (χ3n) is 5.19. The van der Waals surface area contributed by atoms with Crippen LogP contribution >= 0.6 is 0 Å². The van der Waals surface area contributed by atoms with Crippen molar-refractivity contribution >= 4 is 22.6 Å². The molecule has 1 aliphatic heterocycles. The van der Waals surface area contributed by atoms with E-state index in [2.05, 4.69) is 20.4 Å². The SMILES string of the molecule is N#CCC(=O)N1CCCC(Nc2c(-c3ccn(CCO)n3)cnc3[nH]ccc23)C1. The number of fused-ring (bicyclic) bond motifs is 1. The highest BCUT2D eigenvalue weighted by Crippen LogP contribution is 2.33. The predicted molar refractivity (Wildman–Crippen MR) is 108 cm³/mol. The average Bonchev–Trinajstić information content (AvgIpc) is 3.39. The number of nitrogens with zero attached hydrogens (tertiary/aromatic N) is 5. The molecule has 0 aliphatic carbocycles. The molecule has 3 aromatic heterocycles. The number of carbonyl (C=O) groups is 1. The van der Waals surface area contributed by atoms with Crippen LogP contribution in [0, 0.1) is 11.3 Å². The van der Waals surface area contributed by atoms with Gasteiger partial charge in [-0.25, -0.2) is 4.98 Å². The molecule has 1 unspecified atom stereocenters. The van der Waals surface area contributed by atoms with Gasteiger partial charge >= 0.3 is 0 Å². The van der Waals surface area contributed by atoms with E-state index in [1.165, 1.54) is 0 Å².